The molecular formula is C15H27Cl2N3S. The van der Waals surface area contributed by atoms with Crippen molar-refractivity contribution in [3.63, 3.8) is 0 Å². The summed E-state index contributed by atoms with van der Waals surface area (Å²) >= 11 is 1.86. The van der Waals surface area contributed by atoms with Gasteiger partial charge < -0.3 is 5.32 Å². The molecule has 122 valence electrons. The van der Waals surface area contributed by atoms with Crippen LogP contribution in [0.4, 0.5) is 0 Å². The molecule has 0 saturated carbocycles. The predicted octanol–water partition coefficient (Wildman–Crippen LogP) is 3.82. The molecule has 0 aromatic carbocycles. The summed E-state index contributed by atoms with van der Waals surface area (Å²) in [5, 5.41) is 7.02. The highest BCUT2D eigenvalue weighted by molar-refractivity contribution is 7.09. The van der Waals surface area contributed by atoms with Crippen LogP contribution in [0.3, 0.4) is 0 Å². The van der Waals surface area contributed by atoms with Crippen molar-refractivity contribution in [2.24, 2.45) is 5.92 Å². The van der Waals surface area contributed by atoms with Crippen LogP contribution in [0, 0.1) is 12.8 Å². The molecule has 2 saturated heterocycles. The lowest BCUT2D eigenvalue weighted by atomic mass is 9.94. The zero-order valence-electron chi connectivity index (χ0n) is 12.7. The first kappa shape index (κ1) is 19.2. The zero-order chi connectivity index (χ0) is 13.1. The quantitative estimate of drug-likeness (QED) is 0.896. The summed E-state index contributed by atoms with van der Waals surface area (Å²) in [4.78, 5) is 7.46. The molecule has 1 aromatic heterocycles. The molecule has 2 aliphatic rings. The molecule has 0 spiro atoms. The Kier molecular flexibility index (Phi) is 8.50. The van der Waals surface area contributed by atoms with E-state index in [0.29, 0.717) is 6.04 Å². The largest absolute Gasteiger partial charge is 0.317 e. The van der Waals surface area contributed by atoms with Crippen LogP contribution in [0.25, 0.3) is 0 Å². The number of aromatic nitrogens is 1. The fourth-order valence-electron chi connectivity index (χ4n) is 3.41. The molecule has 0 amide bonds. The highest BCUT2D eigenvalue weighted by atomic mass is 35.5. The summed E-state index contributed by atoms with van der Waals surface area (Å²) < 4.78 is 0. The van der Waals surface area contributed by atoms with Crippen molar-refractivity contribution in [2.45, 2.75) is 45.1 Å². The summed E-state index contributed by atoms with van der Waals surface area (Å²) in [7, 11) is 0. The molecule has 0 radical (unpaired) electrons. The second-order valence-corrected chi connectivity index (χ2v) is 6.92. The van der Waals surface area contributed by atoms with Gasteiger partial charge in [0.25, 0.3) is 0 Å². The van der Waals surface area contributed by atoms with Crippen LogP contribution in [0.1, 0.15) is 48.8 Å². The Morgan fingerprint density at radius 3 is 2.67 bits per heavy atom. The maximum atomic E-state index is 4.74. The Hall–Kier alpha value is 0.130. The Labute approximate surface area is 144 Å². The van der Waals surface area contributed by atoms with Gasteiger partial charge in [-0.2, -0.15) is 0 Å². The van der Waals surface area contributed by atoms with Gasteiger partial charge in [0.2, 0.25) is 0 Å². The van der Waals surface area contributed by atoms with Crippen LogP contribution >= 0.6 is 36.2 Å². The van der Waals surface area contributed by atoms with Gasteiger partial charge in [-0.1, -0.05) is 6.42 Å². The second-order valence-electron chi connectivity index (χ2n) is 6.03. The van der Waals surface area contributed by atoms with E-state index in [1.54, 1.807) is 0 Å². The summed E-state index contributed by atoms with van der Waals surface area (Å²) in [5.74, 6) is 0.892. The molecule has 0 aliphatic carbocycles. The Morgan fingerprint density at radius 2 is 2.00 bits per heavy atom. The van der Waals surface area contributed by atoms with E-state index in [2.05, 4.69) is 22.5 Å². The van der Waals surface area contributed by atoms with Gasteiger partial charge in [-0.25, -0.2) is 4.98 Å². The molecule has 21 heavy (non-hydrogen) atoms. The summed E-state index contributed by atoms with van der Waals surface area (Å²) in [6.45, 7) is 7.08. The van der Waals surface area contributed by atoms with E-state index in [1.165, 1.54) is 69.0 Å². The number of likely N-dealkylation sites (tertiary alicyclic amines) is 1. The summed E-state index contributed by atoms with van der Waals surface area (Å²) in [6.07, 6.45) is 6.73. The number of halogens is 2. The van der Waals surface area contributed by atoms with E-state index in [-0.39, 0.29) is 24.8 Å². The number of hydrogen-bond acceptors (Lipinski definition) is 4. The van der Waals surface area contributed by atoms with Crippen LogP contribution < -0.4 is 5.32 Å². The third-order valence-electron chi connectivity index (χ3n) is 4.49. The Balaban J connectivity index is 0.00000110. The van der Waals surface area contributed by atoms with Gasteiger partial charge in [0.05, 0.1) is 6.04 Å². The fourth-order valence-corrected chi connectivity index (χ4v) is 4.38. The lowest BCUT2D eigenvalue weighted by molar-refractivity contribution is 0.115. The van der Waals surface area contributed by atoms with Gasteiger partial charge in [0.1, 0.15) is 5.01 Å². The van der Waals surface area contributed by atoms with Crippen molar-refractivity contribution in [1.29, 1.82) is 0 Å². The monoisotopic (exact) mass is 351 g/mol. The number of rotatable bonds is 3. The topological polar surface area (TPSA) is 28.2 Å². The molecule has 1 N–H and O–H groups in total. The van der Waals surface area contributed by atoms with E-state index in [1.807, 2.05) is 11.3 Å². The smallest absolute Gasteiger partial charge is 0.110 e. The molecule has 3 nitrogen and oxygen atoms in total. The fraction of sp³-hybridized carbons (Fsp3) is 0.800. The van der Waals surface area contributed by atoms with Gasteiger partial charge in [-0.3, -0.25) is 4.90 Å². The molecule has 3 rings (SSSR count). The number of aryl methyl sites for hydroxylation is 1. The maximum absolute atomic E-state index is 4.74. The highest BCUT2D eigenvalue weighted by Crippen LogP contribution is 2.33. The Morgan fingerprint density at radius 1 is 1.24 bits per heavy atom. The minimum atomic E-state index is 0. The van der Waals surface area contributed by atoms with E-state index in [4.69, 9.17) is 4.98 Å². The van der Waals surface area contributed by atoms with Crippen molar-refractivity contribution in [3.8, 4) is 0 Å². The van der Waals surface area contributed by atoms with Gasteiger partial charge in [-0.05, 0) is 58.2 Å². The molecule has 6 heteroatoms. The third-order valence-corrected chi connectivity index (χ3v) is 5.55. The minimum Gasteiger partial charge on any atom is -0.317 e. The Bertz CT molecular complexity index is 407. The lowest BCUT2D eigenvalue weighted by Crippen LogP contribution is -2.40. The maximum Gasteiger partial charge on any atom is 0.110 e. The first-order chi connectivity index (χ1) is 9.33. The molecule has 2 fully saturated rings. The molecule has 0 bridgehead atoms. The standard InChI is InChI=1S/C15H25N3S.2ClH/c1-12-11-19-15(17-12)14-4-2-3-9-18(14)10-13-5-7-16-8-6-13;;/h11,13-14,16H,2-10H2,1H3;2*1H. The van der Waals surface area contributed by atoms with Crippen LogP contribution in [0.15, 0.2) is 5.38 Å². The average molecular weight is 352 g/mol. The first-order valence-electron chi connectivity index (χ1n) is 7.70. The van der Waals surface area contributed by atoms with E-state index in [0.717, 1.165) is 5.92 Å². The number of hydrogen-bond donors (Lipinski definition) is 1. The van der Waals surface area contributed by atoms with E-state index >= 15 is 0 Å². The zero-order valence-corrected chi connectivity index (χ0v) is 15.2. The van der Waals surface area contributed by atoms with Gasteiger partial charge in [-0.15, -0.1) is 36.2 Å². The van der Waals surface area contributed by atoms with Crippen molar-refractivity contribution >= 4 is 36.2 Å². The van der Waals surface area contributed by atoms with Gasteiger partial charge in [0.15, 0.2) is 0 Å². The van der Waals surface area contributed by atoms with Crippen molar-refractivity contribution in [3.05, 3.63) is 16.1 Å². The third kappa shape index (κ3) is 5.07. The second kappa shape index (κ2) is 9.31. The van der Waals surface area contributed by atoms with Crippen molar-refractivity contribution in [1.82, 2.24) is 15.2 Å². The van der Waals surface area contributed by atoms with E-state index in [9.17, 15) is 0 Å². The SMILES string of the molecule is Cc1csc(C2CCCCN2CC2CCNCC2)n1.Cl.Cl. The van der Waals surface area contributed by atoms with Crippen LogP contribution in [-0.4, -0.2) is 36.1 Å². The number of piperidine rings is 2. The number of thiazole rings is 1. The molecule has 1 atom stereocenters. The molecule has 1 unspecified atom stereocenters. The van der Waals surface area contributed by atoms with Crippen LogP contribution in [0.2, 0.25) is 0 Å². The summed E-state index contributed by atoms with van der Waals surface area (Å²) in [6, 6.07) is 0.599. The van der Waals surface area contributed by atoms with Crippen molar-refractivity contribution in [2.75, 3.05) is 26.2 Å². The molecular weight excluding hydrogens is 325 g/mol. The lowest BCUT2D eigenvalue weighted by Gasteiger charge is -2.37. The first-order valence-corrected chi connectivity index (χ1v) is 8.57. The number of nitrogens with zero attached hydrogens (tertiary/aromatic N) is 2. The number of nitrogens with one attached hydrogen (secondary N) is 1. The van der Waals surface area contributed by atoms with Gasteiger partial charge >= 0.3 is 0 Å². The van der Waals surface area contributed by atoms with Crippen LogP contribution in [0.5, 0.6) is 0 Å². The van der Waals surface area contributed by atoms with Crippen molar-refractivity contribution < 1.29 is 0 Å². The summed E-state index contributed by atoms with van der Waals surface area (Å²) in [5.41, 5.74) is 1.19. The van der Waals surface area contributed by atoms with E-state index < -0.39 is 0 Å². The van der Waals surface area contributed by atoms with Gasteiger partial charge in [0, 0.05) is 17.6 Å². The highest BCUT2D eigenvalue weighted by Gasteiger charge is 2.28. The molecule has 1 aromatic rings. The molecule has 3 heterocycles. The van der Waals surface area contributed by atoms with Crippen LogP contribution in [-0.2, 0) is 0 Å². The molecule has 2 aliphatic heterocycles. The minimum absolute atomic E-state index is 0. The normalized spacial score (nSPS) is 24.1. The average Bonchev–Trinajstić information content (AvgIpc) is 2.87. The predicted molar refractivity (Wildman–Crippen MR) is 95.1 cm³/mol.